The minimum absolute atomic E-state index is 0.0303. The van der Waals surface area contributed by atoms with E-state index in [2.05, 4.69) is 0 Å². The van der Waals surface area contributed by atoms with Gasteiger partial charge in [0.1, 0.15) is 5.75 Å². The molecule has 4 heteroatoms. The number of carbonyl (C=O) groups excluding carboxylic acids is 2. The lowest BCUT2D eigenvalue weighted by molar-refractivity contribution is -0.305. The van der Waals surface area contributed by atoms with Crippen LogP contribution in [0.15, 0.2) is 24.3 Å². The zero-order valence-electron chi connectivity index (χ0n) is 9.77. The summed E-state index contributed by atoms with van der Waals surface area (Å²) in [6, 6.07) is 6.70. The molecule has 1 rings (SSSR count). The largest absolute Gasteiger partial charge is 0.550 e. The molecule has 4 nitrogen and oxygen atoms in total. The van der Waals surface area contributed by atoms with Crippen LogP contribution in [0, 0.1) is 0 Å². The first kappa shape index (κ1) is 13.2. The summed E-state index contributed by atoms with van der Waals surface area (Å²) in [6.07, 6.45) is 0.650. The number of rotatable bonds is 7. The Morgan fingerprint density at radius 2 is 1.82 bits per heavy atom. The zero-order valence-corrected chi connectivity index (χ0v) is 9.77. The van der Waals surface area contributed by atoms with Crippen LogP contribution in [0.1, 0.15) is 36.5 Å². The molecule has 0 radical (unpaired) electrons. The maximum absolute atomic E-state index is 11.5. The zero-order chi connectivity index (χ0) is 12.7. The maximum atomic E-state index is 11.5. The van der Waals surface area contributed by atoms with Crippen molar-refractivity contribution >= 4 is 11.8 Å². The van der Waals surface area contributed by atoms with Crippen LogP contribution in [0.3, 0.4) is 0 Å². The van der Waals surface area contributed by atoms with Crippen LogP contribution in [0.5, 0.6) is 5.75 Å². The highest BCUT2D eigenvalue weighted by molar-refractivity contribution is 5.97. The molecule has 0 bridgehead atoms. The Morgan fingerprint density at radius 1 is 1.18 bits per heavy atom. The first-order valence-electron chi connectivity index (χ1n) is 5.59. The Morgan fingerprint density at radius 3 is 2.35 bits per heavy atom. The van der Waals surface area contributed by atoms with Crippen molar-refractivity contribution in [3.8, 4) is 5.75 Å². The van der Waals surface area contributed by atoms with E-state index >= 15 is 0 Å². The molecular weight excluding hydrogens is 220 g/mol. The van der Waals surface area contributed by atoms with Crippen LogP contribution in [-0.4, -0.2) is 18.4 Å². The van der Waals surface area contributed by atoms with Crippen LogP contribution in [0.2, 0.25) is 0 Å². The molecule has 0 unspecified atom stereocenters. The van der Waals surface area contributed by atoms with Crippen molar-refractivity contribution in [2.45, 2.75) is 26.2 Å². The van der Waals surface area contributed by atoms with Gasteiger partial charge < -0.3 is 14.6 Å². The molecule has 0 saturated heterocycles. The van der Waals surface area contributed by atoms with E-state index in [1.54, 1.807) is 24.3 Å². The Kier molecular flexibility index (Phi) is 5.20. The van der Waals surface area contributed by atoms with Crippen molar-refractivity contribution in [3.05, 3.63) is 29.8 Å². The molecule has 0 aliphatic heterocycles. The van der Waals surface area contributed by atoms with E-state index in [1.165, 1.54) is 0 Å². The van der Waals surface area contributed by atoms with Gasteiger partial charge in [-0.3, -0.25) is 4.79 Å². The fraction of sp³-hybridized carbons (Fsp3) is 0.385. The lowest BCUT2D eigenvalue weighted by Crippen LogP contribution is -2.22. The summed E-state index contributed by atoms with van der Waals surface area (Å²) in [5.41, 5.74) is 0.495. The quantitative estimate of drug-likeness (QED) is 0.666. The fourth-order valence-corrected chi connectivity index (χ4v) is 1.32. The summed E-state index contributed by atoms with van der Waals surface area (Å²) >= 11 is 0. The average Bonchev–Trinajstić information content (AvgIpc) is 2.34. The lowest BCUT2D eigenvalue weighted by Gasteiger charge is -2.05. The summed E-state index contributed by atoms with van der Waals surface area (Å²) in [5.74, 6) is -0.694. The minimum Gasteiger partial charge on any atom is -0.550 e. The van der Waals surface area contributed by atoms with Gasteiger partial charge in [0.05, 0.1) is 6.61 Å². The van der Waals surface area contributed by atoms with Crippen molar-refractivity contribution in [2.24, 2.45) is 0 Å². The summed E-state index contributed by atoms with van der Waals surface area (Å²) in [7, 11) is 0. The molecule has 0 aliphatic rings. The third kappa shape index (κ3) is 4.68. The molecule has 0 fully saturated rings. The summed E-state index contributed by atoms with van der Waals surface area (Å²) < 4.78 is 5.37. The second-order valence-corrected chi connectivity index (χ2v) is 3.67. The number of aliphatic carboxylic acids is 1. The first-order chi connectivity index (χ1) is 8.13. The number of carbonyl (C=O) groups is 2. The second kappa shape index (κ2) is 6.68. The monoisotopic (exact) mass is 235 g/mol. The second-order valence-electron chi connectivity index (χ2n) is 3.67. The number of hydrogen-bond acceptors (Lipinski definition) is 4. The Bertz CT molecular complexity index is 381. The van der Waals surface area contributed by atoms with Crippen molar-refractivity contribution < 1.29 is 19.4 Å². The lowest BCUT2D eigenvalue weighted by atomic mass is 10.1. The van der Waals surface area contributed by atoms with Gasteiger partial charge in [0.15, 0.2) is 5.78 Å². The van der Waals surface area contributed by atoms with Gasteiger partial charge in [-0.1, -0.05) is 6.92 Å². The molecule has 0 saturated carbocycles. The normalized spacial score (nSPS) is 9.94. The van der Waals surface area contributed by atoms with Gasteiger partial charge in [-0.2, -0.15) is 0 Å². The number of Topliss-reactive ketones (excluding diaryl/α,β-unsaturated/α-hetero) is 1. The number of carboxylic acids is 1. The molecule has 17 heavy (non-hydrogen) atoms. The van der Waals surface area contributed by atoms with Crippen LogP contribution in [-0.2, 0) is 4.79 Å². The topological polar surface area (TPSA) is 66.4 Å². The van der Waals surface area contributed by atoms with E-state index in [9.17, 15) is 14.7 Å². The molecule has 1 aromatic rings. The predicted molar refractivity (Wildman–Crippen MR) is 60.8 cm³/mol. The number of hydrogen-bond donors (Lipinski definition) is 0. The molecule has 0 N–H and O–H groups in total. The molecular formula is C13H15O4-. The standard InChI is InChI=1S/C13H16O4/c1-2-9-17-11-5-3-10(4-6-11)12(14)7-8-13(15)16/h3-6H,2,7-9H2,1H3,(H,15,16)/p-1. The average molecular weight is 235 g/mol. The number of ketones is 1. The van der Waals surface area contributed by atoms with Gasteiger partial charge in [-0.05, 0) is 37.1 Å². The number of ether oxygens (including phenoxy) is 1. The highest BCUT2D eigenvalue weighted by atomic mass is 16.5. The third-order valence-electron chi connectivity index (χ3n) is 2.21. The van der Waals surface area contributed by atoms with E-state index in [0.717, 1.165) is 6.42 Å². The van der Waals surface area contributed by atoms with Gasteiger partial charge >= 0.3 is 0 Å². The van der Waals surface area contributed by atoms with Crippen LogP contribution >= 0.6 is 0 Å². The summed E-state index contributed by atoms with van der Waals surface area (Å²) in [4.78, 5) is 21.8. The van der Waals surface area contributed by atoms with E-state index in [1.807, 2.05) is 6.92 Å². The van der Waals surface area contributed by atoms with Gasteiger partial charge in [0.2, 0.25) is 0 Å². The first-order valence-corrected chi connectivity index (χ1v) is 5.59. The maximum Gasteiger partial charge on any atom is 0.163 e. The molecule has 1 aromatic carbocycles. The smallest absolute Gasteiger partial charge is 0.163 e. The van der Waals surface area contributed by atoms with Gasteiger partial charge in [-0.15, -0.1) is 0 Å². The van der Waals surface area contributed by atoms with Crippen molar-refractivity contribution in [1.82, 2.24) is 0 Å². The number of benzene rings is 1. The van der Waals surface area contributed by atoms with Gasteiger partial charge in [-0.25, -0.2) is 0 Å². The van der Waals surface area contributed by atoms with Crippen molar-refractivity contribution in [2.75, 3.05) is 6.61 Å². The number of carboxylic acid groups (broad SMARTS) is 1. The molecule has 0 aromatic heterocycles. The van der Waals surface area contributed by atoms with Crippen molar-refractivity contribution in [1.29, 1.82) is 0 Å². The third-order valence-corrected chi connectivity index (χ3v) is 2.21. The van der Waals surface area contributed by atoms with Crippen LogP contribution in [0.4, 0.5) is 0 Å². The highest BCUT2D eigenvalue weighted by Gasteiger charge is 2.05. The summed E-state index contributed by atoms with van der Waals surface area (Å²) in [6.45, 7) is 2.65. The SMILES string of the molecule is CCCOc1ccc(C(=O)CCC(=O)[O-])cc1. The minimum atomic E-state index is -1.21. The van der Waals surface area contributed by atoms with E-state index in [-0.39, 0.29) is 18.6 Å². The van der Waals surface area contributed by atoms with Crippen molar-refractivity contribution in [3.63, 3.8) is 0 Å². The molecule has 0 atom stereocenters. The van der Waals surface area contributed by atoms with E-state index in [4.69, 9.17) is 4.74 Å². The van der Waals surface area contributed by atoms with E-state index in [0.29, 0.717) is 17.9 Å². The van der Waals surface area contributed by atoms with Crippen LogP contribution in [0.25, 0.3) is 0 Å². The van der Waals surface area contributed by atoms with Gasteiger partial charge in [0, 0.05) is 18.0 Å². The molecule has 0 amide bonds. The Labute approximate surface area is 100 Å². The summed E-state index contributed by atoms with van der Waals surface area (Å²) in [5, 5.41) is 10.2. The molecule has 0 aliphatic carbocycles. The van der Waals surface area contributed by atoms with Crippen LogP contribution < -0.4 is 9.84 Å². The predicted octanol–water partition coefficient (Wildman–Crippen LogP) is 1.19. The van der Waals surface area contributed by atoms with E-state index < -0.39 is 5.97 Å². The Balaban J connectivity index is 2.54. The Hall–Kier alpha value is -1.84. The molecule has 0 spiro atoms. The fourth-order valence-electron chi connectivity index (χ4n) is 1.32. The molecule has 92 valence electrons. The van der Waals surface area contributed by atoms with Gasteiger partial charge in [0.25, 0.3) is 0 Å². The molecule has 0 heterocycles. The highest BCUT2D eigenvalue weighted by Crippen LogP contribution is 2.14.